The lowest BCUT2D eigenvalue weighted by molar-refractivity contribution is -0.144. The highest BCUT2D eigenvalue weighted by atomic mass is 16.5. The van der Waals surface area contributed by atoms with Crippen LogP contribution in [0.2, 0.25) is 0 Å². The zero-order valence-corrected chi connectivity index (χ0v) is 9.29. The van der Waals surface area contributed by atoms with Gasteiger partial charge in [-0.15, -0.1) is 0 Å². The summed E-state index contributed by atoms with van der Waals surface area (Å²) >= 11 is 0. The second-order valence-corrected chi connectivity index (χ2v) is 4.15. The van der Waals surface area contributed by atoms with Crippen LogP contribution in [0.4, 0.5) is 0 Å². The Bertz CT molecular complexity index is 176. The smallest absolute Gasteiger partial charge is 0.320 e. The van der Waals surface area contributed by atoms with E-state index in [1.165, 1.54) is 25.7 Å². The van der Waals surface area contributed by atoms with Gasteiger partial charge in [0.05, 0.1) is 13.2 Å². The summed E-state index contributed by atoms with van der Waals surface area (Å²) in [7, 11) is 2.00. The van der Waals surface area contributed by atoms with Gasteiger partial charge in [0.1, 0.15) is 0 Å². The molecule has 0 N–H and O–H groups in total. The van der Waals surface area contributed by atoms with Crippen molar-refractivity contribution in [1.29, 1.82) is 0 Å². The fourth-order valence-electron chi connectivity index (χ4n) is 2.13. The van der Waals surface area contributed by atoms with Crippen molar-refractivity contribution in [3.05, 3.63) is 0 Å². The molecule has 1 aliphatic rings. The largest absolute Gasteiger partial charge is 0.465 e. The summed E-state index contributed by atoms with van der Waals surface area (Å²) in [5.74, 6) is 0.697. The van der Waals surface area contributed by atoms with E-state index in [1.807, 2.05) is 14.0 Å². The number of rotatable bonds is 5. The van der Waals surface area contributed by atoms with E-state index in [9.17, 15) is 4.79 Å². The van der Waals surface area contributed by atoms with E-state index in [2.05, 4.69) is 4.90 Å². The fraction of sp³-hybridized carbons (Fsp3) is 0.909. The third-order valence-corrected chi connectivity index (χ3v) is 2.75. The van der Waals surface area contributed by atoms with E-state index in [1.54, 1.807) is 0 Å². The van der Waals surface area contributed by atoms with Crippen LogP contribution in [0.25, 0.3) is 0 Å². The Balaban J connectivity index is 2.14. The minimum absolute atomic E-state index is 0.104. The SMILES string of the molecule is CCOC(=O)CN(C)CC1CCCC1. The molecule has 3 heteroatoms. The molecule has 0 radical (unpaired) electrons. The lowest BCUT2D eigenvalue weighted by atomic mass is 10.1. The van der Waals surface area contributed by atoms with Crippen molar-refractivity contribution >= 4 is 5.97 Å². The molecule has 1 aliphatic carbocycles. The zero-order chi connectivity index (χ0) is 10.4. The molecule has 82 valence electrons. The molecule has 14 heavy (non-hydrogen) atoms. The molecule has 0 heterocycles. The highest BCUT2D eigenvalue weighted by Crippen LogP contribution is 2.24. The molecule has 1 fully saturated rings. The summed E-state index contributed by atoms with van der Waals surface area (Å²) in [6.07, 6.45) is 5.37. The lowest BCUT2D eigenvalue weighted by Gasteiger charge is -2.19. The van der Waals surface area contributed by atoms with E-state index in [4.69, 9.17) is 4.74 Å². The van der Waals surface area contributed by atoms with Crippen LogP contribution in [0.5, 0.6) is 0 Å². The molecule has 0 bridgehead atoms. The van der Waals surface area contributed by atoms with Crippen molar-refractivity contribution in [2.45, 2.75) is 32.6 Å². The Morgan fingerprint density at radius 1 is 1.43 bits per heavy atom. The third kappa shape index (κ3) is 4.09. The molecule has 3 nitrogen and oxygen atoms in total. The lowest BCUT2D eigenvalue weighted by Crippen LogP contribution is -2.31. The second kappa shape index (κ2) is 6.02. The van der Waals surface area contributed by atoms with E-state index in [0.717, 1.165) is 12.5 Å². The van der Waals surface area contributed by atoms with Crippen LogP contribution in [0, 0.1) is 5.92 Å². The first-order valence-electron chi connectivity index (χ1n) is 5.56. The predicted octanol–water partition coefficient (Wildman–Crippen LogP) is 1.67. The third-order valence-electron chi connectivity index (χ3n) is 2.75. The summed E-state index contributed by atoms with van der Waals surface area (Å²) < 4.78 is 4.90. The van der Waals surface area contributed by atoms with Crippen molar-refractivity contribution in [2.75, 3.05) is 26.7 Å². The summed E-state index contributed by atoms with van der Waals surface area (Å²) in [4.78, 5) is 13.2. The predicted molar refractivity (Wildman–Crippen MR) is 56.1 cm³/mol. The van der Waals surface area contributed by atoms with E-state index in [0.29, 0.717) is 13.2 Å². The van der Waals surface area contributed by atoms with E-state index < -0.39 is 0 Å². The highest BCUT2D eigenvalue weighted by Gasteiger charge is 2.17. The maximum atomic E-state index is 11.2. The molecule has 0 saturated heterocycles. The number of hydrogen-bond acceptors (Lipinski definition) is 3. The first-order chi connectivity index (χ1) is 6.72. The van der Waals surface area contributed by atoms with Crippen LogP contribution >= 0.6 is 0 Å². The normalized spacial score (nSPS) is 17.6. The second-order valence-electron chi connectivity index (χ2n) is 4.15. The molecular formula is C11H21NO2. The van der Waals surface area contributed by atoms with Crippen LogP contribution in [-0.2, 0) is 9.53 Å². The molecule has 0 aliphatic heterocycles. The molecule has 0 spiro atoms. The Morgan fingerprint density at radius 3 is 2.64 bits per heavy atom. The number of carbonyl (C=O) groups is 1. The molecule has 1 rings (SSSR count). The maximum Gasteiger partial charge on any atom is 0.320 e. The number of likely N-dealkylation sites (N-methyl/N-ethyl adjacent to an activating group) is 1. The van der Waals surface area contributed by atoms with Gasteiger partial charge in [0.25, 0.3) is 0 Å². The van der Waals surface area contributed by atoms with E-state index in [-0.39, 0.29) is 5.97 Å². The van der Waals surface area contributed by atoms with Gasteiger partial charge in [-0.1, -0.05) is 12.8 Å². The quantitative estimate of drug-likeness (QED) is 0.631. The Morgan fingerprint density at radius 2 is 2.07 bits per heavy atom. The van der Waals surface area contributed by atoms with Gasteiger partial charge in [-0.25, -0.2) is 0 Å². The number of hydrogen-bond donors (Lipinski definition) is 0. The van der Waals surface area contributed by atoms with Crippen molar-refractivity contribution in [3.63, 3.8) is 0 Å². The van der Waals surface area contributed by atoms with Crippen molar-refractivity contribution < 1.29 is 9.53 Å². The monoisotopic (exact) mass is 199 g/mol. The zero-order valence-electron chi connectivity index (χ0n) is 9.29. The van der Waals surface area contributed by atoms with Crippen molar-refractivity contribution in [1.82, 2.24) is 4.90 Å². The number of ether oxygens (including phenoxy) is 1. The van der Waals surface area contributed by atoms with Crippen LogP contribution in [0.3, 0.4) is 0 Å². The molecule has 0 atom stereocenters. The topological polar surface area (TPSA) is 29.5 Å². The molecule has 0 unspecified atom stereocenters. The average molecular weight is 199 g/mol. The van der Waals surface area contributed by atoms with Crippen LogP contribution in [-0.4, -0.2) is 37.6 Å². The minimum Gasteiger partial charge on any atom is -0.465 e. The minimum atomic E-state index is -0.104. The molecular weight excluding hydrogens is 178 g/mol. The number of esters is 1. The van der Waals surface area contributed by atoms with Gasteiger partial charge >= 0.3 is 5.97 Å². The van der Waals surface area contributed by atoms with Crippen LogP contribution in [0.15, 0.2) is 0 Å². The van der Waals surface area contributed by atoms with E-state index >= 15 is 0 Å². The van der Waals surface area contributed by atoms with Gasteiger partial charge in [-0.2, -0.15) is 0 Å². The van der Waals surface area contributed by atoms with Crippen LogP contribution in [0.1, 0.15) is 32.6 Å². The molecule has 0 aromatic carbocycles. The molecule has 0 aromatic heterocycles. The summed E-state index contributed by atoms with van der Waals surface area (Å²) in [5, 5.41) is 0. The van der Waals surface area contributed by atoms with Gasteiger partial charge < -0.3 is 4.74 Å². The van der Waals surface area contributed by atoms with Crippen molar-refractivity contribution in [3.8, 4) is 0 Å². The van der Waals surface area contributed by atoms with Gasteiger partial charge in [0, 0.05) is 6.54 Å². The molecule has 1 saturated carbocycles. The standard InChI is InChI=1S/C11H21NO2/c1-3-14-11(13)9-12(2)8-10-6-4-5-7-10/h10H,3-9H2,1-2H3. The van der Waals surface area contributed by atoms with Gasteiger partial charge in [-0.05, 0) is 32.7 Å². The Kier molecular flexibility index (Phi) is 4.94. The summed E-state index contributed by atoms with van der Waals surface area (Å²) in [6.45, 7) is 3.80. The first kappa shape index (κ1) is 11.5. The van der Waals surface area contributed by atoms with Crippen LogP contribution < -0.4 is 0 Å². The van der Waals surface area contributed by atoms with Gasteiger partial charge in [0.15, 0.2) is 0 Å². The summed E-state index contributed by atoms with van der Waals surface area (Å²) in [5.41, 5.74) is 0. The number of carbonyl (C=O) groups excluding carboxylic acids is 1. The van der Waals surface area contributed by atoms with Gasteiger partial charge in [0.2, 0.25) is 0 Å². The van der Waals surface area contributed by atoms with Gasteiger partial charge in [-0.3, -0.25) is 9.69 Å². The Labute approximate surface area is 86.4 Å². The highest BCUT2D eigenvalue weighted by molar-refractivity contribution is 5.71. The fourth-order valence-corrected chi connectivity index (χ4v) is 2.13. The molecule has 0 amide bonds. The summed E-state index contributed by atoms with van der Waals surface area (Å²) in [6, 6.07) is 0. The first-order valence-corrected chi connectivity index (χ1v) is 5.56. The maximum absolute atomic E-state index is 11.2. The average Bonchev–Trinajstić information content (AvgIpc) is 2.56. The Hall–Kier alpha value is -0.570. The number of nitrogens with zero attached hydrogens (tertiary/aromatic N) is 1. The molecule has 0 aromatic rings. The van der Waals surface area contributed by atoms with Crippen molar-refractivity contribution in [2.24, 2.45) is 5.92 Å².